The van der Waals surface area contributed by atoms with Crippen molar-refractivity contribution in [3.63, 3.8) is 0 Å². The Kier molecular flexibility index (Phi) is 4.97. The van der Waals surface area contributed by atoms with Gasteiger partial charge in [0.05, 0.1) is 0 Å². The van der Waals surface area contributed by atoms with Gasteiger partial charge in [0, 0.05) is 6.42 Å². The predicted octanol–water partition coefficient (Wildman–Crippen LogP) is 0.768. The number of hydrogen-bond donors (Lipinski definition) is 3. The lowest BCUT2D eigenvalue weighted by atomic mass is 10.1. The van der Waals surface area contributed by atoms with E-state index in [0.29, 0.717) is 5.56 Å². The zero-order valence-corrected chi connectivity index (χ0v) is 8.20. The van der Waals surface area contributed by atoms with Gasteiger partial charge in [0.2, 0.25) is 0 Å². The highest BCUT2D eigenvalue weighted by Crippen LogP contribution is 2.16. The molecule has 0 aliphatic rings. The minimum Gasteiger partial charge on any atom is -0.508 e. The molecule has 5 heteroatoms. The summed E-state index contributed by atoms with van der Waals surface area (Å²) in [4.78, 5) is 10.4. The van der Waals surface area contributed by atoms with Gasteiger partial charge in [0.15, 0.2) is 0 Å². The van der Waals surface area contributed by atoms with Crippen LogP contribution in [0.4, 0.5) is 0 Å². The number of benzene rings is 1. The zero-order valence-electron chi connectivity index (χ0n) is 7.38. The van der Waals surface area contributed by atoms with Gasteiger partial charge < -0.3 is 15.9 Å². The van der Waals surface area contributed by atoms with E-state index in [1.165, 1.54) is 6.07 Å². The van der Waals surface area contributed by atoms with Crippen molar-refractivity contribution in [2.24, 2.45) is 5.73 Å². The number of hydrogen-bond acceptors (Lipinski definition) is 3. The van der Waals surface area contributed by atoms with Crippen LogP contribution in [0.1, 0.15) is 5.56 Å². The van der Waals surface area contributed by atoms with Gasteiger partial charge in [-0.3, -0.25) is 4.79 Å². The number of rotatable bonds is 3. The molecule has 0 saturated carbocycles. The number of carbonyl (C=O) groups is 1. The van der Waals surface area contributed by atoms with E-state index in [4.69, 9.17) is 10.8 Å². The SMILES string of the molecule is Cl.NC(Cc1ccccc1O)C(=O)O. The largest absolute Gasteiger partial charge is 0.508 e. The van der Waals surface area contributed by atoms with Crippen LogP contribution in [0.3, 0.4) is 0 Å². The highest BCUT2D eigenvalue weighted by Gasteiger charge is 2.13. The van der Waals surface area contributed by atoms with Crippen molar-refractivity contribution in [3.05, 3.63) is 29.8 Å². The summed E-state index contributed by atoms with van der Waals surface area (Å²) in [6, 6.07) is 5.59. The Hall–Kier alpha value is -1.26. The summed E-state index contributed by atoms with van der Waals surface area (Å²) in [5.41, 5.74) is 5.86. The summed E-state index contributed by atoms with van der Waals surface area (Å²) < 4.78 is 0. The van der Waals surface area contributed by atoms with E-state index in [1.807, 2.05) is 0 Å². The molecule has 1 rings (SSSR count). The fourth-order valence-corrected chi connectivity index (χ4v) is 1.01. The van der Waals surface area contributed by atoms with Crippen LogP contribution in [0, 0.1) is 0 Å². The fourth-order valence-electron chi connectivity index (χ4n) is 1.01. The topological polar surface area (TPSA) is 83.5 Å². The van der Waals surface area contributed by atoms with Crippen molar-refractivity contribution in [3.8, 4) is 5.75 Å². The lowest BCUT2D eigenvalue weighted by Crippen LogP contribution is -2.32. The minimum atomic E-state index is -1.07. The summed E-state index contributed by atoms with van der Waals surface area (Å²) in [6.07, 6.45) is 0.141. The third-order valence-corrected chi connectivity index (χ3v) is 1.75. The molecule has 1 aromatic rings. The van der Waals surface area contributed by atoms with Gasteiger partial charge >= 0.3 is 5.97 Å². The first-order valence-electron chi connectivity index (χ1n) is 3.86. The van der Waals surface area contributed by atoms with E-state index in [2.05, 4.69) is 0 Å². The normalized spacial score (nSPS) is 11.5. The molecule has 0 saturated heterocycles. The zero-order chi connectivity index (χ0) is 9.84. The van der Waals surface area contributed by atoms with Gasteiger partial charge in [-0.25, -0.2) is 0 Å². The first-order chi connectivity index (χ1) is 6.11. The van der Waals surface area contributed by atoms with Crippen molar-refractivity contribution in [1.82, 2.24) is 0 Å². The van der Waals surface area contributed by atoms with E-state index in [-0.39, 0.29) is 24.6 Å². The number of phenolic OH excluding ortho intramolecular Hbond substituents is 1. The molecule has 1 unspecified atom stereocenters. The molecule has 0 amide bonds. The van der Waals surface area contributed by atoms with Crippen LogP contribution in [0.25, 0.3) is 0 Å². The second kappa shape index (κ2) is 5.47. The number of carboxylic acid groups (broad SMARTS) is 1. The van der Waals surface area contributed by atoms with Crippen LogP contribution in [-0.4, -0.2) is 22.2 Å². The van der Waals surface area contributed by atoms with Crippen LogP contribution >= 0.6 is 12.4 Å². The average Bonchev–Trinajstić information content (AvgIpc) is 2.08. The molecule has 0 aliphatic heterocycles. The quantitative estimate of drug-likeness (QED) is 0.698. The predicted molar refractivity (Wildman–Crippen MR) is 54.7 cm³/mol. The standard InChI is InChI=1S/C9H11NO3.ClH/c10-7(9(12)13)5-6-3-1-2-4-8(6)11;/h1-4,7,11H,5,10H2,(H,12,13);1H. The van der Waals surface area contributed by atoms with Crippen LogP contribution in [0.15, 0.2) is 24.3 Å². The van der Waals surface area contributed by atoms with Crippen molar-refractivity contribution >= 4 is 18.4 Å². The van der Waals surface area contributed by atoms with Gasteiger partial charge in [-0.2, -0.15) is 0 Å². The number of aromatic hydroxyl groups is 1. The number of nitrogens with two attached hydrogens (primary N) is 1. The number of aliphatic carboxylic acids is 1. The Morgan fingerprint density at radius 3 is 2.50 bits per heavy atom. The number of para-hydroxylation sites is 1. The summed E-state index contributed by atoms with van der Waals surface area (Å²) in [5, 5.41) is 17.8. The number of halogens is 1. The third-order valence-electron chi connectivity index (χ3n) is 1.75. The molecule has 4 N–H and O–H groups in total. The van der Waals surface area contributed by atoms with E-state index in [9.17, 15) is 9.90 Å². The van der Waals surface area contributed by atoms with Crippen LogP contribution < -0.4 is 5.73 Å². The first kappa shape index (κ1) is 12.7. The maximum absolute atomic E-state index is 10.4. The molecule has 0 spiro atoms. The summed E-state index contributed by atoms with van der Waals surface area (Å²) in [6.45, 7) is 0. The molecule has 78 valence electrons. The van der Waals surface area contributed by atoms with E-state index in [1.54, 1.807) is 18.2 Å². The van der Waals surface area contributed by atoms with Crippen molar-refractivity contribution in [2.45, 2.75) is 12.5 Å². The number of carboxylic acids is 1. The van der Waals surface area contributed by atoms with Gasteiger partial charge in [-0.05, 0) is 11.6 Å². The lowest BCUT2D eigenvalue weighted by Gasteiger charge is -2.07. The monoisotopic (exact) mass is 217 g/mol. The molecule has 0 aromatic heterocycles. The molecule has 0 bridgehead atoms. The Bertz CT molecular complexity index is 317. The first-order valence-corrected chi connectivity index (χ1v) is 3.86. The van der Waals surface area contributed by atoms with Crippen LogP contribution in [0.5, 0.6) is 5.75 Å². The molecule has 1 aromatic carbocycles. The molecule has 14 heavy (non-hydrogen) atoms. The fraction of sp³-hybridized carbons (Fsp3) is 0.222. The van der Waals surface area contributed by atoms with Crippen molar-refractivity contribution in [2.75, 3.05) is 0 Å². The number of phenols is 1. The Labute approximate surface area is 87.8 Å². The van der Waals surface area contributed by atoms with Crippen LogP contribution in [-0.2, 0) is 11.2 Å². The molecular weight excluding hydrogens is 206 g/mol. The highest BCUT2D eigenvalue weighted by atomic mass is 35.5. The molecule has 0 aliphatic carbocycles. The maximum atomic E-state index is 10.4. The highest BCUT2D eigenvalue weighted by molar-refractivity contribution is 5.85. The van der Waals surface area contributed by atoms with Gasteiger partial charge in [0.1, 0.15) is 11.8 Å². The Balaban J connectivity index is 0.00000169. The minimum absolute atomic E-state index is 0. The second-order valence-electron chi connectivity index (χ2n) is 2.78. The molecule has 0 radical (unpaired) electrons. The molecule has 0 fully saturated rings. The van der Waals surface area contributed by atoms with E-state index >= 15 is 0 Å². The average molecular weight is 218 g/mol. The molecule has 0 heterocycles. The van der Waals surface area contributed by atoms with Crippen molar-refractivity contribution in [1.29, 1.82) is 0 Å². The molecular formula is C9H12ClNO3. The lowest BCUT2D eigenvalue weighted by molar-refractivity contribution is -0.138. The van der Waals surface area contributed by atoms with E-state index in [0.717, 1.165) is 0 Å². The van der Waals surface area contributed by atoms with Gasteiger partial charge in [-0.1, -0.05) is 18.2 Å². The van der Waals surface area contributed by atoms with Gasteiger partial charge in [0.25, 0.3) is 0 Å². The molecule has 1 atom stereocenters. The Morgan fingerprint density at radius 1 is 1.43 bits per heavy atom. The third kappa shape index (κ3) is 3.24. The summed E-state index contributed by atoms with van der Waals surface area (Å²) in [5.74, 6) is -0.984. The van der Waals surface area contributed by atoms with E-state index < -0.39 is 12.0 Å². The van der Waals surface area contributed by atoms with Gasteiger partial charge in [-0.15, -0.1) is 12.4 Å². The summed E-state index contributed by atoms with van der Waals surface area (Å²) in [7, 11) is 0. The second-order valence-corrected chi connectivity index (χ2v) is 2.78. The summed E-state index contributed by atoms with van der Waals surface area (Å²) >= 11 is 0. The van der Waals surface area contributed by atoms with Crippen molar-refractivity contribution < 1.29 is 15.0 Å². The smallest absolute Gasteiger partial charge is 0.320 e. The Morgan fingerprint density at radius 2 is 2.00 bits per heavy atom. The maximum Gasteiger partial charge on any atom is 0.320 e. The van der Waals surface area contributed by atoms with Crippen LogP contribution in [0.2, 0.25) is 0 Å². The molecule has 4 nitrogen and oxygen atoms in total.